The highest BCUT2D eigenvalue weighted by Gasteiger charge is 2.30. The van der Waals surface area contributed by atoms with Crippen LogP contribution in [0.1, 0.15) is 56.4 Å². The van der Waals surface area contributed by atoms with Crippen molar-refractivity contribution < 1.29 is 4.79 Å². The molecule has 0 aromatic carbocycles. The van der Waals surface area contributed by atoms with Gasteiger partial charge in [0.1, 0.15) is 5.69 Å². The second-order valence-corrected chi connectivity index (χ2v) is 5.58. The van der Waals surface area contributed by atoms with Crippen LogP contribution in [0.5, 0.6) is 0 Å². The average Bonchev–Trinajstić information content (AvgIpc) is 2.83. The van der Waals surface area contributed by atoms with Gasteiger partial charge in [-0.25, -0.2) is 4.98 Å². The highest BCUT2D eigenvalue weighted by molar-refractivity contribution is 5.93. The number of carbonyl (C=O) groups is 1. The van der Waals surface area contributed by atoms with E-state index in [2.05, 4.69) is 29.5 Å². The SMILES string of the molecule is CCCNc1ccc(C(=O)NC2(C)CCCC2)nc1. The number of hydrogen-bond donors (Lipinski definition) is 2. The summed E-state index contributed by atoms with van der Waals surface area (Å²) in [6.45, 7) is 5.16. The summed E-state index contributed by atoms with van der Waals surface area (Å²) in [7, 11) is 0. The molecule has 1 fully saturated rings. The second-order valence-electron chi connectivity index (χ2n) is 5.58. The van der Waals surface area contributed by atoms with E-state index in [1.165, 1.54) is 12.8 Å². The zero-order valence-corrected chi connectivity index (χ0v) is 11.8. The summed E-state index contributed by atoms with van der Waals surface area (Å²) in [4.78, 5) is 16.4. The Morgan fingerprint density at radius 1 is 1.37 bits per heavy atom. The van der Waals surface area contributed by atoms with Crippen molar-refractivity contribution >= 4 is 11.6 Å². The third-order valence-electron chi connectivity index (χ3n) is 3.70. The van der Waals surface area contributed by atoms with E-state index in [4.69, 9.17) is 0 Å². The maximum Gasteiger partial charge on any atom is 0.270 e. The molecule has 0 spiro atoms. The van der Waals surface area contributed by atoms with Gasteiger partial charge in [-0.1, -0.05) is 19.8 Å². The molecule has 4 nitrogen and oxygen atoms in total. The zero-order chi connectivity index (χ0) is 13.7. The molecule has 1 saturated carbocycles. The first-order valence-corrected chi connectivity index (χ1v) is 7.15. The molecule has 0 aliphatic heterocycles. The molecule has 1 aliphatic carbocycles. The number of nitrogens with one attached hydrogen (secondary N) is 2. The molecule has 0 radical (unpaired) electrons. The quantitative estimate of drug-likeness (QED) is 0.856. The Hall–Kier alpha value is -1.58. The number of rotatable bonds is 5. The molecular formula is C15H23N3O. The van der Waals surface area contributed by atoms with E-state index >= 15 is 0 Å². The fourth-order valence-corrected chi connectivity index (χ4v) is 2.52. The van der Waals surface area contributed by atoms with Crippen molar-refractivity contribution in [2.45, 2.75) is 51.5 Å². The van der Waals surface area contributed by atoms with Crippen LogP contribution >= 0.6 is 0 Å². The molecule has 1 aromatic rings. The lowest BCUT2D eigenvalue weighted by atomic mass is 10.0. The van der Waals surface area contributed by atoms with Gasteiger partial charge in [-0.3, -0.25) is 4.79 Å². The first kappa shape index (κ1) is 13.8. The summed E-state index contributed by atoms with van der Waals surface area (Å²) < 4.78 is 0. The topological polar surface area (TPSA) is 54.0 Å². The first-order valence-electron chi connectivity index (χ1n) is 7.15. The van der Waals surface area contributed by atoms with Crippen molar-refractivity contribution in [2.24, 2.45) is 0 Å². The Morgan fingerprint density at radius 3 is 2.68 bits per heavy atom. The molecule has 0 saturated heterocycles. The van der Waals surface area contributed by atoms with Crippen LogP contribution in [0.3, 0.4) is 0 Å². The molecule has 4 heteroatoms. The fraction of sp³-hybridized carbons (Fsp3) is 0.600. The first-order chi connectivity index (χ1) is 9.13. The summed E-state index contributed by atoms with van der Waals surface area (Å²) >= 11 is 0. The Labute approximate surface area is 115 Å². The van der Waals surface area contributed by atoms with Crippen molar-refractivity contribution in [3.05, 3.63) is 24.0 Å². The summed E-state index contributed by atoms with van der Waals surface area (Å²) in [5, 5.41) is 6.36. The third-order valence-corrected chi connectivity index (χ3v) is 3.70. The van der Waals surface area contributed by atoms with Crippen LogP contribution in [0, 0.1) is 0 Å². The van der Waals surface area contributed by atoms with Crippen molar-refractivity contribution in [1.82, 2.24) is 10.3 Å². The van der Waals surface area contributed by atoms with Crippen molar-refractivity contribution in [3.8, 4) is 0 Å². The zero-order valence-electron chi connectivity index (χ0n) is 11.8. The molecule has 2 rings (SSSR count). The summed E-state index contributed by atoms with van der Waals surface area (Å²) in [5.74, 6) is -0.0635. The number of anilines is 1. The third kappa shape index (κ3) is 3.69. The minimum atomic E-state index is -0.0635. The van der Waals surface area contributed by atoms with E-state index in [1.54, 1.807) is 12.3 Å². The molecule has 0 unspecified atom stereocenters. The van der Waals surface area contributed by atoms with Gasteiger partial charge in [0.05, 0.1) is 11.9 Å². The molecule has 0 atom stereocenters. The summed E-state index contributed by atoms with van der Waals surface area (Å²) in [5.41, 5.74) is 1.42. The molecule has 2 N–H and O–H groups in total. The minimum absolute atomic E-state index is 0.0438. The molecule has 1 aromatic heterocycles. The van der Waals surface area contributed by atoms with E-state index < -0.39 is 0 Å². The lowest BCUT2D eigenvalue weighted by Crippen LogP contribution is -2.43. The van der Waals surface area contributed by atoms with Crippen LogP contribution < -0.4 is 10.6 Å². The highest BCUT2D eigenvalue weighted by atomic mass is 16.2. The van der Waals surface area contributed by atoms with Crippen molar-refractivity contribution in [2.75, 3.05) is 11.9 Å². The molecule has 1 heterocycles. The van der Waals surface area contributed by atoms with Crippen LogP contribution in [-0.4, -0.2) is 23.0 Å². The van der Waals surface area contributed by atoms with Gasteiger partial charge >= 0.3 is 0 Å². The van der Waals surface area contributed by atoms with E-state index in [0.717, 1.165) is 31.5 Å². The predicted molar refractivity (Wildman–Crippen MR) is 77.4 cm³/mol. The van der Waals surface area contributed by atoms with E-state index in [9.17, 15) is 4.79 Å². The van der Waals surface area contributed by atoms with Crippen LogP contribution in [0.25, 0.3) is 0 Å². The number of aromatic nitrogens is 1. The molecule has 19 heavy (non-hydrogen) atoms. The maximum atomic E-state index is 12.1. The Bertz CT molecular complexity index is 422. The fourth-order valence-electron chi connectivity index (χ4n) is 2.52. The van der Waals surface area contributed by atoms with Gasteiger partial charge in [0.2, 0.25) is 0 Å². The number of pyridine rings is 1. The van der Waals surface area contributed by atoms with Crippen LogP contribution in [0.4, 0.5) is 5.69 Å². The monoisotopic (exact) mass is 261 g/mol. The van der Waals surface area contributed by atoms with Crippen molar-refractivity contribution in [1.29, 1.82) is 0 Å². The Morgan fingerprint density at radius 2 is 2.11 bits per heavy atom. The van der Waals surface area contributed by atoms with Crippen LogP contribution in [0.15, 0.2) is 18.3 Å². The van der Waals surface area contributed by atoms with E-state index in [1.807, 2.05) is 6.07 Å². The molecular weight excluding hydrogens is 238 g/mol. The van der Waals surface area contributed by atoms with Gasteiger partial charge in [-0.15, -0.1) is 0 Å². The largest absolute Gasteiger partial charge is 0.384 e. The van der Waals surface area contributed by atoms with Gasteiger partial charge < -0.3 is 10.6 Å². The van der Waals surface area contributed by atoms with Gasteiger partial charge in [0, 0.05) is 12.1 Å². The molecule has 0 bridgehead atoms. The second kappa shape index (κ2) is 6.04. The normalized spacial score (nSPS) is 17.2. The molecule has 104 valence electrons. The standard InChI is InChI=1S/C15H23N3O/c1-3-10-16-12-6-7-13(17-11-12)14(19)18-15(2)8-4-5-9-15/h6-7,11,16H,3-5,8-10H2,1-2H3,(H,18,19). The Kier molecular flexibility index (Phi) is 4.40. The van der Waals surface area contributed by atoms with Gasteiger partial charge in [0.25, 0.3) is 5.91 Å². The smallest absolute Gasteiger partial charge is 0.270 e. The van der Waals surface area contributed by atoms with Crippen molar-refractivity contribution in [3.63, 3.8) is 0 Å². The lowest BCUT2D eigenvalue weighted by molar-refractivity contribution is 0.0903. The van der Waals surface area contributed by atoms with Gasteiger partial charge in [-0.2, -0.15) is 0 Å². The molecule has 1 amide bonds. The van der Waals surface area contributed by atoms with Crippen LogP contribution in [-0.2, 0) is 0 Å². The van der Waals surface area contributed by atoms with Gasteiger partial charge in [-0.05, 0) is 38.3 Å². The van der Waals surface area contributed by atoms with E-state index in [-0.39, 0.29) is 11.4 Å². The number of nitrogens with zero attached hydrogens (tertiary/aromatic N) is 1. The Balaban J connectivity index is 1.95. The highest BCUT2D eigenvalue weighted by Crippen LogP contribution is 2.29. The maximum absolute atomic E-state index is 12.1. The predicted octanol–water partition coefficient (Wildman–Crippen LogP) is 2.97. The summed E-state index contributed by atoms with van der Waals surface area (Å²) in [6, 6.07) is 3.69. The van der Waals surface area contributed by atoms with Gasteiger partial charge in [0.15, 0.2) is 0 Å². The number of carbonyl (C=O) groups excluding carboxylic acids is 1. The van der Waals surface area contributed by atoms with E-state index in [0.29, 0.717) is 5.69 Å². The average molecular weight is 261 g/mol. The number of amides is 1. The summed E-state index contributed by atoms with van der Waals surface area (Å²) in [6.07, 6.45) is 7.32. The molecule has 1 aliphatic rings. The minimum Gasteiger partial charge on any atom is -0.384 e. The van der Waals surface area contributed by atoms with Crippen LogP contribution in [0.2, 0.25) is 0 Å². The lowest BCUT2D eigenvalue weighted by Gasteiger charge is -2.24. The number of hydrogen-bond acceptors (Lipinski definition) is 3.